The second-order valence-corrected chi connectivity index (χ2v) is 8.04. The Bertz CT molecular complexity index is 372. The Morgan fingerprint density at radius 2 is 1.83 bits per heavy atom. The number of rotatable bonds is 4. The fraction of sp³-hybridized carbons (Fsp3) is 0.571. The molecule has 0 amide bonds. The van der Waals surface area contributed by atoms with Gasteiger partial charge in [0.2, 0.25) is 0 Å². The van der Waals surface area contributed by atoms with E-state index in [1.807, 2.05) is 11.8 Å². The van der Waals surface area contributed by atoms with Crippen LogP contribution in [0.1, 0.15) is 13.8 Å². The van der Waals surface area contributed by atoms with E-state index >= 15 is 0 Å². The number of halogens is 1. The zero-order chi connectivity index (χ0) is 13.0. The molecule has 0 saturated carbocycles. The number of piperazine rings is 1. The van der Waals surface area contributed by atoms with Crippen LogP contribution in [-0.4, -0.2) is 42.4 Å². The maximum absolute atomic E-state index is 3.48. The average molecular weight is 329 g/mol. The fourth-order valence-corrected chi connectivity index (χ4v) is 3.68. The molecule has 100 valence electrons. The summed E-state index contributed by atoms with van der Waals surface area (Å²) >= 11 is 5.45. The standard InChI is InChI=1S/C14H21BrN2S/c1-14(2,11-17-9-7-16-8-10-17)18-13-5-3-12(15)4-6-13/h3-6,16H,7-11H2,1-2H3. The monoisotopic (exact) mass is 328 g/mol. The van der Waals surface area contributed by atoms with Crippen LogP contribution < -0.4 is 5.32 Å². The molecule has 1 aromatic rings. The molecule has 1 saturated heterocycles. The van der Waals surface area contributed by atoms with Crippen LogP contribution >= 0.6 is 27.7 Å². The summed E-state index contributed by atoms with van der Waals surface area (Å²) in [5, 5.41) is 3.40. The molecule has 2 nitrogen and oxygen atoms in total. The highest BCUT2D eigenvalue weighted by molar-refractivity contribution is 9.10. The first-order chi connectivity index (χ1) is 8.55. The molecule has 1 fully saturated rings. The van der Waals surface area contributed by atoms with Gasteiger partial charge in [-0.2, -0.15) is 0 Å². The van der Waals surface area contributed by atoms with Gasteiger partial charge in [-0.3, -0.25) is 4.90 Å². The molecule has 0 spiro atoms. The van der Waals surface area contributed by atoms with E-state index in [1.165, 1.54) is 18.0 Å². The minimum Gasteiger partial charge on any atom is -0.314 e. The number of benzene rings is 1. The summed E-state index contributed by atoms with van der Waals surface area (Å²) in [4.78, 5) is 3.90. The first kappa shape index (κ1) is 14.4. The van der Waals surface area contributed by atoms with Gasteiger partial charge in [0.05, 0.1) is 0 Å². The van der Waals surface area contributed by atoms with Gasteiger partial charge in [0.1, 0.15) is 0 Å². The van der Waals surface area contributed by atoms with E-state index < -0.39 is 0 Å². The maximum Gasteiger partial charge on any atom is 0.0277 e. The van der Waals surface area contributed by atoms with Crippen molar-refractivity contribution in [2.45, 2.75) is 23.5 Å². The predicted molar refractivity (Wildman–Crippen MR) is 83.4 cm³/mol. The summed E-state index contributed by atoms with van der Waals surface area (Å²) < 4.78 is 1.40. The van der Waals surface area contributed by atoms with Gasteiger partial charge < -0.3 is 5.32 Å². The Hall–Kier alpha value is -0.0300. The summed E-state index contributed by atoms with van der Waals surface area (Å²) in [5.74, 6) is 0. The van der Waals surface area contributed by atoms with Crippen molar-refractivity contribution < 1.29 is 0 Å². The molecule has 1 aromatic carbocycles. The van der Waals surface area contributed by atoms with Crippen molar-refractivity contribution in [3.63, 3.8) is 0 Å². The lowest BCUT2D eigenvalue weighted by molar-refractivity contribution is 0.226. The molecule has 0 aromatic heterocycles. The van der Waals surface area contributed by atoms with Crippen molar-refractivity contribution in [1.82, 2.24) is 10.2 Å². The molecule has 2 rings (SSSR count). The summed E-state index contributed by atoms with van der Waals surface area (Å²) in [5.41, 5.74) is 0. The third kappa shape index (κ3) is 4.57. The Balaban J connectivity index is 1.91. The van der Waals surface area contributed by atoms with Gasteiger partial charge in [0.25, 0.3) is 0 Å². The Morgan fingerprint density at radius 1 is 1.22 bits per heavy atom. The van der Waals surface area contributed by atoms with E-state index in [0.29, 0.717) is 0 Å². The zero-order valence-corrected chi connectivity index (χ0v) is 13.5. The summed E-state index contributed by atoms with van der Waals surface area (Å²) in [6.07, 6.45) is 0. The molecule has 0 bridgehead atoms. The molecule has 1 N–H and O–H groups in total. The van der Waals surface area contributed by atoms with Crippen LogP contribution in [0.2, 0.25) is 0 Å². The molecular weight excluding hydrogens is 308 g/mol. The van der Waals surface area contributed by atoms with Gasteiger partial charge in [-0.25, -0.2) is 0 Å². The fourth-order valence-electron chi connectivity index (χ4n) is 2.26. The van der Waals surface area contributed by atoms with E-state index in [4.69, 9.17) is 0 Å². The van der Waals surface area contributed by atoms with Crippen LogP contribution in [0.4, 0.5) is 0 Å². The minimum absolute atomic E-state index is 0.255. The number of nitrogens with one attached hydrogen (secondary N) is 1. The number of nitrogens with zero attached hydrogens (tertiary/aromatic N) is 1. The summed E-state index contributed by atoms with van der Waals surface area (Å²) in [6.45, 7) is 10.4. The van der Waals surface area contributed by atoms with Crippen molar-refractivity contribution in [3.05, 3.63) is 28.7 Å². The molecule has 18 heavy (non-hydrogen) atoms. The normalized spacial score (nSPS) is 17.9. The predicted octanol–water partition coefficient (Wildman–Crippen LogP) is 3.23. The third-order valence-electron chi connectivity index (χ3n) is 3.02. The molecule has 1 heterocycles. The molecular formula is C14H21BrN2S. The topological polar surface area (TPSA) is 15.3 Å². The van der Waals surface area contributed by atoms with Crippen molar-refractivity contribution in [3.8, 4) is 0 Å². The molecule has 0 unspecified atom stereocenters. The Labute approximate surface area is 123 Å². The van der Waals surface area contributed by atoms with Gasteiger partial charge in [-0.05, 0) is 38.1 Å². The lowest BCUT2D eigenvalue weighted by atomic mass is 10.2. The van der Waals surface area contributed by atoms with Crippen molar-refractivity contribution in [2.24, 2.45) is 0 Å². The number of thioether (sulfide) groups is 1. The van der Waals surface area contributed by atoms with E-state index in [2.05, 4.69) is 64.3 Å². The molecule has 1 aliphatic heterocycles. The molecule has 0 radical (unpaired) electrons. The highest BCUT2D eigenvalue weighted by Gasteiger charge is 2.24. The maximum atomic E-state index is 3.48. The van der Waals surface area contributed by atoms with Crippen LogP contribution in [0.25, 0.3) is 0 Å². The second kappa shape index (κ2) is 6.42. The first-order valence-electron chi connectivity index (χ1n) is 6.43. The van der Waals surface area contributed by atoms with Crippen LogP contribution in [0.3, 0.4) is 0 Å². The minimum atomic E-state index is 0.255. The molecule has 1 aliphatic rings. The second-order valence-electron chi connectivity index (χ2n) is 5.34. The molecule has 4 heteroatoms. The van der Waals surface area contributed by atoms with Crippen LogP contribution in [0.5, 0.6) is 0 Å². The van der Waals surface area contributed by atoms with Crippen LogP contribution in [0, 0.1) is 0 Å². The molecule has 0 aliphatic carbocycles. The largest absolute Gasteiger partial charge is 0.314 e. The Morgan fingerprint density at radius 3 is 2.44 bits per heavy atom. The van der Waals surface area contributed by atoms with Gasteiger partial charge in [0.15, 0.2) is 0 Å². The van der Waals surface area contributed by atoms with Crippen molar-refractivity contribution in [1.29, 1.82) is 0 Å². The zero-order valence-electron chi connectivity index (χ0n) is 11.1. The van der Waals surface area contributed by atoms with Crippen molar-refractivity contribution >= 4 is 27.7 Å². The lowest BCUT2D eigenvalue weighted by Crippen LogP contribution is -2.47. The summed E-state index contributed by atoms with van der Waals surface area (Å²) in [6, 6.07) is 8.61. The van der Waals surface area contributed by atoms with Gasteiger partial charge >= 0.3 is 0 Å². The van der Waals surface area contributed by atoms with E-state index in [1.54, 1.807) is 0 Å². The van der Waals surface area contributed by atoms with Crippen LogP contribution in [0.15, 0.2) is 33.6 Å². The SMILES string of the molecule is CC(C)(CN1CCNCC1)Sc1ccc(Br)cc1. The number of hydrogen-bond donors (Lipinski definition) is 1. The lowest BCUT2D eigenvalue weighted by Gasteiger charge is -2.34. The number of hydrogen-bond acceptors (Lipinski definition) is 3. The highest BCUT2D eigenvalue weighted by Crippen LogP contribution is 2.33. The third-order valence-corrected chi connectivity index (χ3v) is 4.74. The quantitative estimate of drug-likeness (QED) is 0.854. The highest BCUT2D eigenvalue weighted by atomic mass is 79.9. The van der Waals surface area contributed by atoms with Crippen LogP contribution in [-0.2, 0) is 0 Å². The molecule has 0 atom stereocenters. The first-order valence-corrected chi connectivity index (χ1v) is 8.04. The summed E-state index contributed by atoms with van der Waals surface area (Å²) in [7, 11) is 0. The van der Waals surface area contributed by atoms with Gasteiger partial charge in [0, 0.05) is 46.8 Å². The average Bonchev–Trinajstić information content (AvgIpc) is 2.32. The van der Waals surface area contributed by atoms with Gasteiger partial charge in [-0.15, -0.1) is 11.8 Å². The van der Waals surface area contributed by atoms with Crippen molar-refractivity contribution in [2.75, 3.05) is 32.7 Å². The van der Waals surface area contributed by atoms with Gasteiger partial charge in [-0.1, -0.05) is 15.9 Å². The van der Waals surface area contributed by atoms with E-state index in [9.17, 15) is 0 Å². The Kier molecular flexibility index (Phi) is 5.13. The smallest absolute Gasteiger partial charge is 0.0277 e. The van der Waals surface area contributed by atoms with E-state index in [-0.39, 0.29) is 4.75 Å². The van der Waals surface area contributed by atoms with E-state index in [0.717, 1.165) is 24.1 Å².